The summed E-state index contributed by atoms with van der Waals surface area (Å²) in [6.07, 6.45) is 0.486. The minimum absolute atomic E-state index is 0.0833. The molecule has 24 heavy (non-hydrogen) atoms. The molecule has 0 bridgehead atoms. The largest absolute Gasteiger partial charge is 0.481 e. The molecule has 12 heteroatoms. The normalized spacial score (nSPS) is 8.50. The lowest BCUT2D eigenvalue weighted by molar-refractivity contribution is -0.148. The molecule has 0 heterocycles. The van der Waals surface area contributed by atoms with Gasteiger partial charge in [0.05, 0.1) is 26.2 Å². The molecule has 1 atom stereocenters. The zero-order valence-electron chi connectivity index (χ0n) is 12.6. The second-order valence-corrected chi connectivity index (χ2v) is 2.92. The van der Waals surface area contributed by atoms with Crippen molar-refractivity contribution in [2.75, 3.05) is 19.8 Å². The van der Waals surface area contributed by atoms with Crippen molar-refractivity contribution in [2.24, 2.45) is 0 Å². The highest BCUT2D eigenvalue weighted by atomic mass is 16.7. The van der Waals surface area contributed by atoms with Gasteiger partial charge in [-0.2, -0.15) is 0 Å². The van der Waals surface area contributed by atoms with E-state index in [2.05, 4.69) is 13.2 Å². The zero-order valence-corrected chi connectivity index (χ0v) is 12.6. The van der Waals surface area contributed by atoms with E-state index in [1.165, 1.54) is 6.08 Å². The van der Waals surface area contributed by atoms with Crippen LogP contribution in [0.15, 0.2) is 25.3 Å². The van der Waals surface area contributed by atoms with Crippen LogP contribution in [-0.2, 0) is 14.4 Å². The molecule has 0 amide bonds. The van der Waals surface area contributed by atoms with E-state index in [0.29, 0.717) is 0 Å². The van der Waals surface area contributed by atoms with Gasteiger partial charge in [-0.05, 0) is 0 Å². The maximum atomic E-state index is 9.52. The van der Waals surface area contributed by atoms with Crippen molar-refractivity contribution >= 4 is 17.9 Å². The Balaban J connectivity index is -0.0000000657. The molecule has 142 valence electrons. The van der Waals surface area contributed by atoms with Crippen LogP contribution in [0, 0.1) is 9.93 Å². The Hall–Kier alpha value is -2.67. The van der Waals surface area contributed by atoms with Gasteiger partial charge >= 0.3 is 17.9 Å². The lowest BCUT2D eigenvalue weighted by Crippen LogP contribution is -2.22. The summed E-state index contributed by atoms with van der Waals surface area (Å²) in [6, 6.07) is 0. The minimum Gasteiger partial charge on any atom is -0.481 e. The predicted octanol–water partition coefficient (Wildman–Crippen LogP) is -1.63. The first-order chi connectivity index (χ1) is 11.1. The molecular weight excluding hydrogens is 336 g/mol. The van der Waals surface area contributed by atoms with E-state index in [-0.39, 0.29) is 19.6 Å². The van der Waals surface area contributed by atoms with E-state index >= 15 is 0 Å². The number of rotatable bonds is 6. The maximum Gasteiger partial charge on any atom is 0.334 e. The van der Waals surface area contributed by atoms with Gasteiger partial charge in [-0.25, -0.2) is 9.59 Å². The SMILES string of the molecule is C=CC(=O)O.C=CCO.O=C(O)C(O)CO.O=C(O)CCO.O=O. The first kappa shape index (κ1) is 33.1. The van der Waals surface area contributed by atoms with E-state index < -0.39 is 30.6 Å². The molecule has 0 aliphatic heterocycles. The Morgan fingerprint density at radius 1 is 0.958 bits per heavy atom. The van der Waals surface area contributed by atoms with E-state index in [0.717, 1.165) is 6.08 Å². The maximum absolute atomic E-state index is 9.52. The first-order valence-electron chi connectivity index (χ1n) is 5.72. The molecule has 0 radical (unpaired) electrons. The molecule has 0 aliphatic rings. The van der Waals surface area contributed by atoms with Crippen LogP contribution in [0.25, 0.3) is 0 Å². The van der Waals surface area contributed by atoms with Crippen molar-refractivity contribution in [3.63, 3.8) is 0 Å². The molecule has 12 nitrogen and oxygen atoms in total. The number of aliphatic carboxylic acids is 3. The Kier molecular flexibility index (Phi) is 44.5. The fourth-order valence-electron chi connectivity index (χ4n) is 0.174. The van der Waals surface area contributed by atoms with Crippen molar-refractivity contribution < 1.29 is 50.1 Å². The van der Waals surface area contributed by atoms with Gasteiger partial charge in [0.25, 0.3) is 0 Å². The van der Waals surface area contributed by atoms with Crippen LogP contribution in [0.4, 0.5) is 0 Å². The lowest BCUT2D eigenvalue weighted by Gasteiger charge is -1.95. The van der Waals surface area contributed by atoms with Gasteiger partial charge in [0.1, 0.15) is 0 Å². The van der Waals surface area contributed by atoms with E-state index in [4.69, 9.17) is 45.7 Å². The van der Waals surface area contributed by atoms with Crippen LogP contribution in [0.5, 0.6) is 0 Å². The third-order valence-electron chi connectivity index (χ3n) is 1.09. The highest BCUT2D eigenvalue weighted by molar-refractivity contribution is 5.78. The van der Waals surface area contributed by atoms with Crippen molar-refractivity contribution in [3.05, 3.63) is 35.2 Å². The van der Waals surface area contributed by atoms with Crippen LogP contribution in [0.3, 0.4) is 0 Å². The molecule has 0 spiro atoms. The highest BCUT2D eigenvalue weighted by Gasteiger charge is 2.08. The van der Waals surface area contributed by atoms with Gasteiger partial charge in [-0.15, -0.1) is 6.58 Å². The van der Waals surface area contributed by atoms with Crippen LogP contribution < -0.4 is 0 Å². The average molecular weight is 358 g/mol. The molecular formula is C12H22O12. The van der Waals surface area contributed by atoms with Crippen molar-refractivity contribution in [1.29, 1.82) is 0 Å². The van der Waals surface area contributed by atoms with Gasteiger partial charge in [0, 0.05) is 16.0 Å². The van der Waals surface area contributed by atoms with Crippen molar-refractivity contribution in [2.45, 2.75) is 12.5 Å². The Morgan fingerprint density at radius 3 is 1.29 bits per heavy atom. The van der Waals surface area contributed by atoms with E-state index in [1.807, 2.05) is 0 Å². The Labute approximate surface area is 136 Å². The summed E-state index contributed by atoms with van der Waals surface area (Å²) >= 11 is 0. The van der Waals surface area contributed by atoms with Crippen LogP contribution in [0.2, 0.25) is 0 Å². The molecule has 1 unspecified atom stereocenters. The number of aliphatic hydroxyl groups is 4. The number of hydrogen-bond donors (Lipinski definition) is 7. The molecule has 0 aliphatic carbocycles. The Morgan fingerprint density at radius 2 is 1.29 bits per heavy atom. The lowest BCUT2D eigenvalue weighted by atomic mass is 10.4. The topological polar surface area (TPSA) is 227 Å². The molecule has 7 N–H and O–H groups in total. The molecule has 0 saturated heterocycles. The van der Waals surface area contributed by atoms with Crippen LogP contribution in [-0.4, -0.2) is 79.6 Å². The summed E-state index contributed by atoms with van der Waals surface area (Å²) in [7, 11) is 0. The van der Waals surface area contributed by atoms with Crippen molar-refractivity contribution in [1.82, 2.24) is 0 Å². The number of carboxylic acids is 3. The van der Waals surface area contributed by atoms with Crippen LogP contribution in [0.1, 0.15) is 6.42 Å². The standard InChI is InChI=1S/C3H6O4.C3H6O3.C3H4O2.C3H6O.O2/c4-1-2(5)3(6)7;4-2-1-3(5)6;1-2-3(4)5;1-2-3-4;1-2/h2,4-5H,1H2,(H,6,7);4H,1-2H2,(H,5,6);2H,1H2,(H,4,5);2,4H,1,3H2;. The van der Waals surface area contributed by atoms with Gasteiger partial charge in [-0.3, -0.25) is 4.79 Å². The molecule has 0 aromatic rings. The molecule has 0 rings (SSSR count). The number of aliphatic hydroxyl groups excluding tert-OH is 4. The van der Waals surface area contributed by atoms with E-state index in [1.54, 1.807) is 0 Å². The molecule has 0 aromatic carbocycles. The highest BCUT2D eigenvalue weighted by Crippen LogP contribution is 1.75. The fourth-order valence-corrected chi connectivity index (χ4v) is 0.174. The Bertz CT molecular complexity index is 328. The summed E-state index contributed by atoms with van der Waals surface area (Å²) in [4.78, 5) is 42.2. The number of carboxylic acid groups (broad SMARTS) is 3. The number of carbonyl (C=O) groups is 3. The third kappa shape index (κ3) is 74.6. The predicted molar refractivity (Wildman–Crippen MR) is 81.9 cm³/mol. The van der Waals surface area contributed by atoms with E-state index in [9.17, 15) is 14.4 Å². The summed E-state index contributed by atoms with van der Waals surface area (Å²) in [5.74, 6) is -3.34. The van der Waals surface area contributed by atoms with Gasteiger partial charge in [-0.1, -0.05) is 12.7 Å². The molecule has 0 saturated carbocycles. The fraction of sp³-hybridized carbons (Fsp3) is 0.417. The smallest absolute Gasteiger partial charge is 0.334 e. The van der Waals surface area contributed by atoms with Gasteiger partial charge < -0.3 is 35.7 Å². The quantitative estimate of drug-likeness (QED) is 0.209. The van der Waals surface area contributed by atoms with Crippen LogP contribution >= 0.6 is 0 Å². The summed E-state index contributed by atoms with van der Waals surface area (Å²) in [5, 5.41) is 54.7. The monoisotopic (exact) mass is 358 g/mol. The van der Waals surface area contributed by atoms with Gasteiger partial charge in [0.15, 0.2) is 6.10 Å². The minimum atomic E-state index is -1.63. The first-order valence-corrected chi connectivity index (χ1v) is 5.72. The zero-order chi connectivity index (χ0) is 20.6. The second kappa shape index (κ2) is 32.3. The molecule has 0 fully saturated rings. The van der Waals surface area contributed by atoms with Crippen molar-refractivity contribution in [3.8, 4) is 0 Å². The second-order valence-electron chi connectivity index (χ2n) is 2.92. The summed E-state index contributed by atoms with van der Waals surface area (Å²) < 4.78 is 0. The number of hydrogen-bond acceptors (Lipinski definition) is 9. The third-order valence-corrected chi connectivity index (χ3v) is 1.09. The van der Waals surface area contributed by atoms with Gasteiger partial charge in [0.2, 0.25) is 0 Å². The average Bonchev–Trinajstić information content (AvgIpc) is 2.56. The summed E-state index contributed by atoms with van der Waals surface area (Å²) in [6.45, 7) is 5.28. The summed E-state index contributed by atoms with van der Waals surface area (Å²) in [5.41, 5.74) is 0. The molecule has 0 aromatic heterocycles.